The monoisotopic (exact) mass is 256 g/mol. The molecule has 1 amide bonds. The third-order valence-corrected chi connectivity index (χ3v) is 3.82. The average Bonchev–Trinajstić information content (AvgIpc) is 2.31. The summed E-state index contributed by atoms with van der Waals surface area (Å²) in [5.41, 5.74) is -0.0761. The summed E-state index contributed by atoms with van der Waals surface area (Å²) in [4.78, 5) is 13.9. The predicted octanol–water partition coefficient (Wildman–Crippen LogP) is 2.78. The Kier molecular flexibility index (Phi) is 5.93. The highest BCUT2D eigenvalue weighted by Crippen LogP contribution is 2.24. The van der Waals surface area contributed by atoms with Gasteiger partial charge in [0.05, 0.1) is 0 Å². The van der Waals surface area contributed by atoms with Crippen molar-refractivity contribution in [1.29, 1.82) is 0 Å². The van der Waals surface area contributed by atoms with Gasteiger partial charge in [0.25, 0.3) is 0 Å². The first-order valence-electron chi connectivity index (χ1n) is 7.25. The topological polar surface area (TPSA) is 41.6 Å². The summed E-state index contributed by atoms with van der Waals surface area (Å²) in [6.45, 7) is 8.20. The maximum absolute atomic E-state index is 11.7. The van der Waals surface area contributed by atoms with E-state index in [0.29, 0.717) is 0 Å². The van der Waals surface area contributed by atoms with Crippen molar-refractivity contribution in [3.63, 3.8) is 0 Å². The Morgan fingerprint density at radius 2 is 1.83 bits per heavy atom. The van der Waals surface area contributed by atoms with E-state index in [1.807, 2.05) is 13.8 Å². The van der Waals surface area contributed by atoms with Crippen molar-refractivity contribution in [3.8, 4) is 0 Å². The van der Waals surface area contributed by atoms with E-state index in [4.69, 9.17) is 4.74 Å². The molecule has 4 nitrogen and oxygen atoms in total. The second kappa shape index (κ2) is 6.98. The molecule has 1 N–H and O–H groups in total. The van der Waals surface area contributed by atoms with E-state index in [9.17, 15) is 4.79 Å². The molecule has 1 saturated carbocycles. The molecular formula is C14H28N2O2. The molecule has 2 fully saturated rings. The van der Waals surface area contributed by atoms with Gasteiger partial charge in [-0.1, -0.05) is 13.8 Å². The van der Waals surface area contributed by atoms with Crippen molar-refractivity contribution in [3.05, 3.63) is 0 Å². The van der Waals surface area contributed by atoms with Crippen LogP contribution in [0.5, 0.6) is 0 Å². The van der Waals surface area contributed by atoms with Gasteiger partial charge in [0.1, 0.15) is 6.10 Å². The Morgan fingerprint density at radius 3 is 2.28 bits per heavy atom. The highest BCUT2D eigenvalue weighted by Gasteiger charge is 2.32. The van der Waals surface area contributed by atoms with Crippen molar-refractivity contribution in [2.45, 2.75) is 64.5 Å². The van der Waals surface area contributed by atoms with Gasteiger partial charge in [0, 0.05) is 18.6 Å². The van der Waals surface area contributed by atoms with Gasteiger partial charge in [-0.05, 0) is 46.1 Å². The number of carbonyl (C=O) groups is 1. The number of carbonyl (C=O) groups excluding carboxylic acids is 1. The second-order valence-corrected chi connectivity index (χ2v) is 5.45. The largest absolute Gasteiger partial charge is 0.446 e. The molecule has 0 radical (unpaired) electrons. The Hall–Kier alpha value is -0.770. The number of hydrogen-bond acceptors (Lipinski definition) is 3. The molecule has 0 unspecified atom stereocenters. The molecule has 1 aliphatic heterocycles. The molecule has 1 aliphatic carbocycles. The van der Waals surface area contributed by atoms with Crippen LogP contribution in [0.1, 0.15) is 52.9 Å². The fourth-order valence-electron chi connectivity index (χ4n) is 2.15. The minimum atomic E-state index is -0.225. The van der Waals surface area contributed by atoms with Gasteiger partial charge in [0.2, 0.25) is 0 Å². The molecule has 0 bridgehead atoms. The smallest absolute Gasteiger partial charge is 0.407 e. The maximum Gasteiger partial charge on any atom is 0.407 e. The second-order valence-electron chi connectivity index (χ2n) is 5.45. The number of rotatable bonds is 2. The summed E-state index contributed by atoms with van der Waals surface area (Å²) in [6, 6.07) is 0. The van der Waals surface area contributed by atoms with E-state index in [0.717, 1.165) is 38.8 Å². The van der Waals surface area contributed by atoms with Crippen LogP contribution in [-0.4, -0.2) is 42.8 Å². The van der Waals surface area contributed by atoms with Gasteiger partial charge in [-0.15, -0.1) is 0 Å². The molecule has 0 aromatic carbocycles. The lowest BCUT2D eigenvalue weighted by molar-refractivity contribution is 0.0422. The molecule has 1 heterocycles. The third kappa shape index (κ3) is 4.48. The van der Waals surface area contributed by atoms with Crippen molar-refractivity contribution < 1.29 is 9.53 Å². The Morgan fingerprint density at radius 1 is 1.28 bits per heavy atom. The molecule has 0 aromatic heterocycles. The molecule has 106 valence electrons. The molecule has 0 spiro atoms. The maximum atomic E-state index is 11.7. The molecule has 0 atom stereocenters. The van der Waals surface area contributed by atoms with Crippen molar-refractivity contribution in [2.75, 3.05) is 20.1 Å². The van der Waals surface area contributed by atoms with Crippen LogP contribution in [-0.2, 0) is 4.74 Å². The van der Waals surface area contributed by atoms with Crippen molar-refractivity contribution in [1.82, 2.24) is 10.2 Å². The third-order valence-electron chi connectivity index (χ3n) is 3.82. The van der Waals surface area contributed by atoms with Crippen molar-refractivity contribution in [2.24, 2.45) is 0 Å². The van der Waals surface area contributed by atoms with Crippen LogP contribution >= 0.6 is 0 Å². The van der Waals surface area contributed by atoms with Gasteiger partial charge in [-0.25, -0.2) is 4.79 Å². The average molecular weight is 256 g/mol. The summed E-state index contributed by atoms with van der Waals surface area (Å²) in [5.74, 6) is 0. The molecule has 2 aliphatic rings. The van der Waals surface area contributed by atoms with E-state index < -0.39 is 0 Å². The number of hydrogen-bond donors (Lipinski definition) is 1. The minimum Gasteiger partial charge on any atom is -0.446 e. The fraction of sp³-hybridized carbons (Fsp3) is 0.929. The quantitative estimate of drug-likeness (QED) is 0.826. The number of nitrogens with zero attached hydrogens (tertiary/aromatic N) is 1. The molecule has 1 saturated heterocycles. The zero-order chi connectivity index (χ0) is 13.6. The van der Waals surface area contributed by atoms with E-state index >= 15 is 0 Å². The van der Waals surface area contributed by atoms with Crippen molar-refractivity contribution >= 4 is 6.09 Å². The minimum absolute atomic E-state index is 0.0761. The Balaban J connectivity index is 0.000000771. The van der Waals surface area contributed by atoms with Crippen LogP contribution in [0.15, 0.2) is 0 Å². The number of piperidine rings is 1. The molecule has 2 rings (SSSR count). The molecule has 4 heteroatoms. The van der Waals surface area contributed by atoms with Crippen LogP contribution in [0.25, 0.3) is 0 Å². The van der Waals surface area contributed by atoms with Crippen LogP contribution in [0.2, 0.25) is 0 Å². The van der Waals surface area contributed by atoms with E-state index in [1.165, 1.54) is 6.42 Å². The van der Waals surface area contributed by atoms with Gasteiger partial charge < -0.3 is 15.0 Å². The summed E-state index contributed by atoms with van der Waals surface area (Å²) in [6.07, 6.45) is 5.22. The normalized spacial score (nSPS) is 23.3. The highest BCUT2D eigenvalue weighted by atomic mass is 16.6. The fourth-order valence-corrected chi connectivity index (χ4v) is 2.15. The van der Waals surface area contributed by atoms with Gasteiger partial charge in [-0.2, -0.15) is 0 Å². The van der Waals surface area contributed by atoms with Crippen LogP contribution in [0.4, 0.5) is 4.79 Å². The number of amides is 1. The Bertz CT molecular complexity index is 257. The first-order chi connectivity index (χ1) is 8.57. The van der Waals surface area contributed by atoms with E-state index in [-0.39, 0.29) is 17.7 Å². The standard InChI is InChI=1S/C12H22N2O2.C2H6/c1-12(6-8-14(2)9-7-12)13-11(15)16-10-4-3-5-10;1-2/h10H,3-9H2,1-2H3,(H,13,15);1-2H3. The molecule has 18 heavy (non-hydrogen) atoms. The number of nitrogens with one attached hydrogen (secondary N) is 1. The zero-order valence-electron chi connectivity index (χ0n) is 12.3. The Labute approximate surface area is 111 Å². The summed E-state index contributed by atoms with van der Waals surface area (Å²) in [7, 11) is 2.12. The van der Waals surface area contributed by atoms with Crippen LogP contribution in [0.3, 0.4) is 0 Å². The zero-order valence-corrected chi connectivity index (χ0v) is 12.3. The lowest BCUT2D eigenvalue weighted by Gasteiger charge is -2.38. The molecular weight excluding hydrogens is 228 g/mol. The first kappa shape index (κ1) is 15.3. The number of likely N-dealkylation sites (tertiary alicyclic amines) is 1. The van der Waals surface area contributed by atoms with Gasteiger partial charge >= 0.3 is 6.09 Å². The summed E-state index contributed by atoms with van der Waals surface area (Å²) >= 11 is 0. The SMILES string of the molecule is CC.CN1CCC(C)(NC(=O)OC2CCC2)CC1. The number of alkyl carbamates (subject to hydrolysis) is 1. The first-order valence-corrected chi connectivity index (χ1v) is 7.25. The summed E-state index contributed by atoms with van der Waals surface area (Å²) < 4.78 is 5.32. The lowest BCUT2D eigenvalue weighted by atomic mass is 9.90. The lowest BCUT2D eigenvalue weighted by Crippen LogP contribution is -2.53. The predicted molar refractivity (Wildman–Crippen MR) is 73.7 cm³/mol. The molecule has 0 aromatic rings. The van der Waals surface area contributed by atoms with Crippen LogP contribution in [0, 0.1) is 0 Å². The van der Waals surface area contributed by atoms with Gasteiger partial charge in [0.15, 0.2) is 0 Å². The van der Waals surface area contributed by atoms with E-state index in [2.05, 4.69) is 24.2 Å². The summed E-state index contributed by atoms with van der Waals surface area (Å²) in [5, 5.41) is 3.03. The van der Waals surface area contributed by atoms with Crippen LogP contribution < -0.4 is 5.32 Å². The van der Waals surface area contributed by atoms with Gasteiger partial charge in [-0.3, -0.25) is 0 Å². The number of ether oxygens (including phenoxy) is 1. The van der Waals surface area contributed by atoms with E-state index in [1.54, 1.807) is 0 Å². The highest BCUT2D eigenvalue weighted by molar-refractivity contribution is 5.68.